The van der Waals surface area contributed by atoms with E-state index >= 15 is 0 Å². The number of carbonyl (C=O) groups excluding carboxylic acids is 1. The third-order valence-corrected chi connectivity index (χ3v) is 4.56. The third kappa shape index (κ3) is 4.24. The predicted molar refractivity (Wildman–Crippen MR) is 101 cm³/mol. The highest BCUT2D eigenvalue weighted by molar-refractivity contribution is 5.84. The molecule has 0 bridgehead atoms. The van der Waals surface area contributed by atoms with E-state index in [0.717, 1.165) is 37.6 Å². The Labute approximate surface area is 149 Å². The fourth-order valence-electron chi connectivity index (χ4n) is 3.10. The van der Waals surface area contributed by atoms with Crippen LogP contribution in [-0.2, 0) is 4.79 Å². The van der Waals surface area contributed by atoms with Gasteiger partial charge in [-0.25, -0.2) is 0 Å². The zero-order valence-electron chi connectivity index (χ0n) is 14.8. The van der Waals surface area contributed by atoms with Gasteiger partial charge in [0.05, 0.1) is 7.11 Å². The van der Waals surface area contributed by atoms with E-state index in [-0.39, 0.29) is 11.9 Å². The average molecular weight is 339 g/mol. The van der Waals surface area contributed by atoms with Gasteiger partial charge >= 0.3 is 0 Å². The smallest absolute Gasteiger partial charge is 0.244 e. The summed E-state index contributed by atoms with van der Waals surface area (Å²) < 4.78 is 5.16. The Morgan fingerprint density at radius 3 is 2.24 bits per heavy atom. The summed E-state index contributed by atoms with van der Waals surface area (Å²) in [6.45, 7) is 5.15. The first-order valence-corrected chi connectivity index (χ1v) is 8.67. The Morgan fingerprint density at radius 2 is 1.64 bits per heavy atom. The molecule has 1 N–H and O–H groups in total. The van der Waals surface area contributed by atoms with Gasteiger partial charge in [0.15, 0.2) is 0 Å². The number of benzene rings is 2. The summed E-state index contributed by atoms with van der Waals surface area (Å²) in [5.41, 5.74) is 2.14. The van der Waals surface area contributed by atoms with Gasteiger partial charge in [-0.1, -0.05) is 18.2 Å². The van der Waals surface area contributed by atoms with Crippen molar-refractivity contribution < 1.29 is 9.53 Å². The van der Waals surface area contributed by atoms with Crippen molar-refractivity contribution in [2.24, 2.45) is 0 Å². The van der Waals surface area contributed by atoms with Gasteiger partial charge in [-0.2, -0.15) is 0 Å². The minimum Gasteiger partial charge on any atom is -0.497 e. The second-order valence-corrected chi connectivity index (χ2v) is 6.24. The van der Waals surface area contributed by atoms with Crippen LogP contribution in [0.2, 0.25) is 0 Å². The summed E-state index contributed by atoms with van der Waals surface area (Å²) in [6, 6.07) is 17.7. The van der Waals surface area contributed by atoms with Crippen LogP contribution in [0.25, 0.3) is 0 Å². The molecule has 1 fully saturated rings. The molecule has 1 unspecified atom stereocenters. The number of anilines is 2. The highest BCUT2D eigenvalue weighted by atomic mass is 16.5. The Balaban J connectivity index is 1.52. The molecule has 0 spiro atoms. The van der Waals surface area contributed by atoms with Crippen LogP contribution in [0.1, 0.15) is 6.92 Å². The van der Waals surface area contributed by atoms with Gasteiger partial charge < -0.3 is 19.9 Å². The van der Waals surface area contributed by atoms with Crippen LogP contribution in [0.3, 0.4) is 0 Å². The zero-order chi connectivity index (χ0) is 17.6. The van der Waals surface area contributed by atoms with Crippen molar-refractivity contribution in [1.29, 1.82) is 0 Å². The maximum Gasteiger partial charge on any atom is 0.244 e. The summed E-state index contributed by atoms with van der Waals surface area (Å²) in [5, 5.41) is 3.27. The van der Waals surface area contributed by atoms with Crippen LogP contribution in [0, 0.1) is 0 Å². The lowest BCUT2D eigenvalue weighted by molar-refractivity contribution is -0.131. The summed E-state index contributed by atoms with van der Waals surface area (Å²) in [5.74, 6) is 0.949. The molecule has 0 aromatic heterocycles. The lowest BCUT2D eigenvalue weighted by atomic mass is 10.2. The minimum atomic E-state index is -0.253. The molecular formula is C20H25N3O2. The second-order valence-electron chi connectivity index (χ2n) is 6.24. The van der Waals surface area contributed by atoms with E-state index in [1.54, 1.807) is 7.11 Å². The number of para-hydroxylation sites is 1. The largest absolute Gasteiger partial charge is 0.497 e. The number of nitrogens with one attached hydrogen (secondary N) is 1. The topological polar surface area (TPSA) is 44.8 Å². The van der Waals surface area contributed by atoms with Gasteiger partial charge in [-0.15, -0.1) is 0 Å². The molecule has 132 valence electrons. The van der Waals surface area contributed by atoms with Gasteiger partial charge in [0.1, 0.15) is 11.8 Å². The van der Waals surface area contributed by atoms with Crippen LogP contribution in [0.4, 0.5) is 11.4 Å². The predicted octanol–water partition coefficient (Wildman–Crippen LogP) is 2.84. The van der Waals surface area contributed by atoms with Crippen molar-refractivity contribution in [2.45, 2.75) is 13.0 Å². The molecule has 0 radical (unpaired) electrons. The number of nitrogens with zero attached hydrogens (tertiary/aromatic N) is 2. The van der Waals surface area contributed by atoms with E-state index in [0.29, 0.717) is 0 Å². The van der Waals surface area contributed by atoms with Gasteiger partial charge in [-0.05, 0) is 43.3 Å². The maximum absolute atomic E-state index is 12.7. The summed E-state index contributed by atoms with van der Waals surface area (Å²) in [4.78, 5) is 17.0. The fourth-order valence-corrected chi connectivity index (χ4v) is 3.10. The molecule has 1 aliphatic rings. The van der Waals surface area contributed by atoms with Gasteiger partial charge in [0, 0.05) is 37.6 Å². The molecule has 1 heterocycles. The Hall–Kier alpha value is -2.69. The van der Waals surface area contributed by atoms with Crippen LogP contribution in [0.15, 0.2) is 54.6 Å². The number of carbonyl (C=O) groups is 1. The van der Waals surface area contributed by atoms with E-state index in [4.69, 9.17) is 4.74 Å². The van der Waals surface area contributed by atoms with Crippen LogP contribution in [0.5, 0.6) is 5.75 Å². The van der Waals surface area contributed by atoms with Gasteiger partial charge in [0.25, 0.3) is 0 Å². The molecule has 2 aromatic rings. The van der Waals surface area contributed by atoms with E-state index < -0.39 is 0 Å². The van der Waals surface area contributed by atoms with Gasteiger partial charge in [-0.3, -0.25) is 4.79 Å². The normalized spacial score (nSPS) is 15.6. The standard InChI is InChI=1S/C20H25N3O2/c1-16(21-17-8-10-19(25-2)11-9-17)20(24)23-14-12-22(13-15-23)18-6-4-3-5-7-18/h3-11,16,21H,12-15H2,1-2H3. The van der Waals surface area contributed by atoms with Crippen molar-refractivity contribution in [2.75, 3.05) is 43.5 Å². The summed E-state index contributed by atoms with van der Waals surface area (Å²) >= 11 is 0. The van der Waals surface area contributed by atoms with Crippen LogP contribution >= 0.6 is 0 Å². The zero-order valence-corrected chi connectivity index (χ0v) is 14.8. The molecule has 0 aliphatic carbocycles. The van der Waals surface area contributed by atoms with Crippen LogP contribution < -0.4 is 15.0 Å². The fraction of sp³-hybridized carbons (Fsp3) is 0.350. The number of piperazine rings is 1. The Morgan fingerprint density at radius 1 is 1.00 bits per heavy atom. The van der Waals surface area contributed by atoms with Crippen molar-refractivity contribution in [3.05, 3.63) is 54.6 Å². The molecule has 5 nitrogen and oxygen atoms in total. The van der Waals surface area contributed by atoms with E-state index in [1.165, 1.54) is 5.69 Å². The van der Waals surface area contributed by atoms with Crippen molar-refractivity contribution in [3.8, 4) is 5.75 Å². The first-order valence-electron chi connectivity index (χ1n) is 8.67. The summed E-state index contributed by atoms with van der Waals surface area (Å²) in [6.07, 6.45) is 0. The van der Waals surface area contributed by atoms with Crippen LogP contribution in [-0.4, -0.2) is 50.1 Å². The monoisotopic (exact) mass is 339 g/mol. The van der Waals surface area contributed by atoms with E-state index in [2.05, 4.69) is 22.3 Å². The maximum atomic E-state index is 12.7. The summed E-state index contributed by atoms with van der Waals surface area (Å²) in [7, 11) is 1.64. The molecule has 1 amide bonds. The highest BCUT2D eigenvalue weighted by Crippen LogP contribution is 2.18. The molecule has 0 saturated carbocycles. The minimum absolute atomic E-state index is 0.142. The Kier molecular flexibility index (Phi) is 5.43. The number of rotatable bonds is 5. The lowest BCUT2D eigenvalue weighted by Crippen LogP contribution is -2.52. The molecule has 5 heteroatoms. The molecule has 1 atom stereocenters. The van der Waals surface area contributed by atoms with Crippen molar-refractivity contribution >= 4 is 17.3 Å². The van der Waals surface area contributed by atoms with E-state index in [9.17, 15) is 4.79 Å². The molecule has 25 heavy (non-hydrogen) atoms. The molecule has 1 saturated heterocycles. The van der Waals surface area contributed by atoms with E-state index in [1.807, 2.05) is 54.3 Å². The lowest BCUT2D eigenvalue weighted by Gasteiger charge is -2.37. The van der Waals surface area contributed by atoms with Gasteiger partial charge in [0.2, 0.25) is 5.91 Å². The number of methoxy groups -OCH3 is 1. The number of hydrogen-bond donors (Lipinski definition) is 1. The Bertz CT molecular complexity index is 680. The molecule has 2 aromatic carbocycles. The molecular weight excluding hydrogens is 314 g/mol. The SMILES string of the molecule is COc1ccc(NC(C)C(=O)N2CCN(c3ccccc3)CC2)cc1. The molecule has 1 aliphatic heterocycles. The highest BCUT2D eigenvalue weighted by Gasteiger charge is 2.24. The van der Waals surface area contributed by atoms with Crippen molar-refractivity contribution in [3.63, 3.8) is 0 Å². The first kappa shape index (κ1) is 17.1. The third-order valence-electron chi connectivity index (χ3n) is 4.56. The number of ether oxygens (including phenoxy) is 1. The number of hydrogen-bond acceptors (Lipinski definition) is 4. The van der Waals surface area contributed by atoms with Crippen molar-refractivity contribution in [1.82, 2.24) is 4.90 Å². The average Bonchev–Trinajstić information content (AvgIpc) is 2.69. The second kappa shape index (κ2) is 7.92. The molecule has 3 rings (SSSR count). The number of amides is 1. The quantitative estimate of drug-likeness (QED) is 0.910. The first-order chi connectivity index (χ1) is 12.2.